The number of aryl methyl sites for hydroxylation is 2. The second-order valence-electron chi connectivity index (χ2n) is 7.18. The smallest absolute Gasteiger partial charge is 0.343 e. The molecule has 0 unspecified atom stereocenters. The molecule has 3 aromatic carbocycles. The Bertz CT molecular complexity index is 1250. The number of allylic oxidation sites excluding steroid dienone is 1. The van der Waals surface area contributed by atoms with Crippen molar-refractivity contribution in [3.63, 3.8) is 0 Å². The molecule has 0 aliphatic rings. The molecule has 5 heteroatoms. The average Bonchev–Trinajstić information content (AvgIpc) is 3.17. The van der Waals surface area contributed by atoms with Crippen LogP contribution in [0, 0.1) is 13.8 Å². The Morgan fingerprint density at radius 1 is 0.719 bits per heavy atom. The van der Waals surface area contributed by atoms with Crippen LogP contribution in [-0.4, -0.2) is 16.7 Å². The van der Waals surface area contributed by atoms with Crippen molar-refractivity contribution >= 4 is 23.1 Å². The van der Waals surface area contributed by atoms with Gasteiger partial charge in [-0.05, 0) is 26.0 Å². The van der Waals surface area contributed by atoms with E-state index in [4.69, 9.17) is 9.15 Å². The summed E-state index contributed by atoms with van der Waals surface area (Å²) in [6.07, 6.45) is 0. The minimum Gasteiger partial charge on any atom is -0.441 e. The molecule has 0 amide bonds. The van der Waals surface area contributed by atoms with Crippen molar-refractivity contribution in [2.75, 3.05) is 0 Å². The fourth-order valence-electron chi connectivity index (χ4n) is 3.18. The first-order valence-corrected chi connectivity index (χ1v) is 10.2. The van der Waals surface area contributed by atoms with E-state index in [0.29, 0.717) is 28.1 Å². The van der Waals surface area contributed by atoms with Crippen molar-refractivity contribution in [3.8, 4) is 0 Å². The number of ether oxygens (including phenoxy) is 1. The van der Waals surface area contributed by atoms with Crippen molar-refractivity contribution < 1.29 is 18.7 Å². The highest BCUT2D eigenvalue weighted by Crippen LogP contribution is 2.32. The van der Waals surface area contributed by atoms with Gasteiger partial charge >= 0.3 is 5.97 Å². The molecule has 1 heterocycles. The number of nitrogens with zero attached hydrogens (tertiary/aromatic N) is 1. The summed E-state index contributed by atoms with van der Waals surface area (Å²) in [5, 5.41) is 0. The van der Waals surface area contributed by atoms with Crippen molar-refractivity contribution in [1.82, 2.24) is 4.98 Å². The number of ketones is 1. The number of carbonyl (C=O) groups excluding carboxylic acids is 2. The number of oxazole rings is 1. The summed E-state index contributed by atoms with van der Waals surface area (Å²) in [5.41, 5.74) is 2.10. The van der Waals surface area contributed by atoms with Gasteiger partial charge in [0.2, 0.25) is 11.7 Å². The Kier molecular flexibility index (Phi) is 6.08. The van der Waals surface area contributed by atoms with Gasteiger partial charge in [0, 0.05) is 11.1 Å². The highest BCUT2D eigenvalue weighted by atomic mass is 16.5. The van der Waals surface area contributed by atoms with Crippen LogP contribution in [0.3, 0.4) is 0 Å². The Balaban J connectivity index is 1.94. The minimum atomic E-state index is -0.581. The SMILES string of the molecule is Cc1nc(/C(C(=O)c2ccccc2)=C(\OC(=O)c2ccccc2)c2ccccc2)oc1C. The largest absolute Gasteiger partial charge is 0.441 e. The molecule has 158 valence electrons. The molecule has 32 heavy (non-hydrogen) atoms. The van der Waals surface area contributed by atoms with Crippen molar-refractivity contribution in [2.24, 2.45) is 0 Å². The number of esters is 1. The molecule has 0 bridgehead atoms. The second kappa shape index (κ2) is 9.27. The molecule has 5 nitrogen and oxygen atoms in total. The third-order valence-corrected chi connectivity index (χ3v) is 4.97. The fraction of sp³-hybridized carbons (Fsp3) is 0.0741. The molecule has 0 saturated heterocycles. The zero-order valence-electron chi connectivity index (χ0n) is 17.7. The van der Waals surface area contributed by atoms with E-state index in [1.807, 2.05) is 30.3 Å². The lowest BCUT2D eigenvalue weighted by atomic mass is 9.99. The predicted molar refractivity (Wildman–Crippen MR) is 122 cm³/mol. The molecule has 0 N–H and O–H groups in total. The van der Waals surface area contributed by atoms with Crippen LogP contribution in [0.15, 0.2) is 95.4 Å². The number of hydrogen-bond donors (Lipinski definition) is 0. The van der Waals surface area contributed by atoms with Crippen LogP contribution >= 0.6 is 0 Å². The van der Waals surface area contributed by atoms with E-state index >= 15 is 0 Å². The standard InChI is InChI=1S/C27H21NO4/c1-18-19(2)31-26(28-18)23(24(29)20-12-6-3-7-13-20)25(21-14-8-4-9-15-21)32-27(30)22-16-10-5-11-17-22/h3-17H,1-2H3/b25-23-. The predicted octanol–water partition coefficient (Wildman–Crippen LogP) is 5.90. The second-order valence-corrected chi connectivity index (χ2v) is 7.18. The van der Waals surface area contributed by atoms with Crippen LogP contribution < -0.4 is 0 Å². The molecule has 0 aliphatic carbocycles. The maximum absolute atomic E-state index is 13.6. The van der Waals surface area contributed by atoms with Crippen LogP contribution in [0.1, 0.15) is 43.6 Å². The molecule has 0 atom stereocenters. The summed E-state index contributed by atoms with van der Waals surface area (Å²) in [6, 6.07) is 26.4. The quantitative estimate of drug-likeness (QED) is 0.167. The summed E-state index contributed by atoms with van der Waals surface area (Å²) in [6.45, 7) is 3.57. The van der Waals surface area contributed by atoms with Gasteiger partial charge < -0.3 is 9.15 Å². The summed E-state index contributed by atoms with van der Waals surface area (Å²) in [5.74, 6) is -0.155. The van der Waals surface area contributed by atoms with Crippen molar-refractivity contribution in [2.45, 2.75) is 13.8 Å². The Morgan fingerprint density at radius 3 is 1.72 bits per heavy atom. The minimum absolute atomic E-state index is 0.0860. The van der Waals surface area contributed by atoms with Crippen LogP contribution in [0.4, 0.5) is 0 Å². The van der Waals surface area contributed by atoms with Gasteiger partial charge in [0.05, 0.1) is 11.3 Å². The van der Waals surface area contributed by atoms with E-state index in [0.717, 1.165) is 0 Å². The van der Waals surface area contributed by atoms with Gasteiger partial charge in [-0.2, -0.15) is 0 Å². The van der Waals surface area contributed by atoms with E-state index in [-0.39, 0.29) is 23.0 Å². The summed E-state index contributed by atoms with van der Waals surface area (Å²) >= 11 is 0. The van der Waals surface area contributed by atoms with E-state index in [1.165, 1.54) is 0 Å². The lowest BCUT2D eigenvalue weighted by Crippen LogP contribution is -2.12. The molecule has 4 aromatic rings. The van der Waals surface area contributed by atoms with Crippen LogP contribution in [0.5, 0.6) is 0 Å². The Morgan fingerprint density at radius 2 is 1.22 bits per heavy atom. The van der Waals surface area contributed by atoms with E-state index in [1.54, 1.807) is 74.5 Å². The fourth-order valence-corrected chi connectivity index (χ4v) is 3.18. The van der Waals surface area contributed by atoms with Gasteiger partial charge in [-0.15, -0.1) is 0 Å². The van der Waals surface area contributed by atoms with E-state index in [2.05, 4.69) is 4.98 Å². The van der Waals surface area contributed by atoms with Gasteiger partial charge in [-0.1, -0.05) is 78.9 Å². The van der Waals surface area contributed by atoms with Crippen LogP contribution in [0.25, 0.3) is 11.3 Å². The number of Topliss-reactive ketones (excluding diaryl/α,β-unsaturated/α-hetero) is 1. The molecule has 1 aromatic heterocycles. The highest BCUT2D eigenvalue weighted by molar-refractivity contribution is 6.33. The number of benzene rings is 3. The van der Waals surface area contributed by atoms with Crippen molar-refractivity contribution in [3.05, 3.63) is 125 Å². The maximum atomic E-state index is 13.6. The zero-order valence-corrected chi connectivity index (χ0v) is 17.7. The maximum Gasteiger partial charge on any atom is 0.343 e. The molecule has 0 fully saturated rings. The Labute approximate surface area is 186 Å². The van der Waals surface area contributed by atoms with Gasteiger partial charge in [0.1, 0.15) is 11.3 Å². The first-order chi connectivity index (χ1) is 15.5. The summed E-state index contributed by atoms with van der Waals surface area (Å²) in [4.78, 5) is 31.1. The molecule has 0 saturated carbocycles. The van der Waals surface area contributed by atoms with Gasteiger partial charge in [0.15, 0.2) is 5.76 Å². The summed E-state index contributed by atoms with van der Waals surface area (Å²) < 4.78 is 11.7. The third-order valence-electron chi connectivity index (χ3n) is 4.97. The molecule has 0 radical (unpaired) electrons. The molecule has 0 aliphatic heterocycles. The first-order valence-electron chi connectivity index (χ1n) is 10.2. The number of rotatable bonds is 6. The highest BCUT2D eigenvalue weighted by Gasteiger charge is 2.28. The zero-order chi connectivity index (χ0) is 22.5. The normalized spacial score (nSPS) is 11.6. The average molecular weight is 423 g/mol. The van der Waals surface area contributed by atoms with Crippen LogP contribution in [-0.2, 0) is 4.74 Å². The molecule has 0 spiro atoms. The molecular weight excluding hydrogens is 402 g/mol. The van der Waals surface area contributed by atoms with Gasteiger partial charge in [-0.25, -0.2) is 9.78 Å². The number of carbonyl (C=O) groups is 2. The summed E-state index contributed by atoms with van der Waals surface area (Å²) in [7, 11) is 0. The van der Waals surface area contributed by atoms with E-state index in [9.17, 15) is 9.59 Å². The van der Waals surface area contributed by atoms with E-state index < -0.39 is 5.97 Å². The Hall–Kier alpha value is -4.25. The monoisotopic (exact) mass is 423 g/mol. The number of aromatic nitrogens is 1. The third kappa shape index (κ3) is 4.42. The lowest BCUT2D eigenvalue weighted by Gasteiger charge is -2.14. The van der Waals surface area contributed by atoms with Crippen molar-refractivity contribution in [1.29, 1.82) is 0 Å². The van der Waals surface area contributed by atoms with Gasteiger partial charge in [-0.3, -0.25) is 4.79 Å². The topological polar surface area (TPSA) is 69.4 Å². The van der Waals surface area contributed by atoms with Crippen LogP contribution in [0.2, 0.25) is 0 Å². The first kappa shape index (κ1) is 21.0. The van der Waals surface area contributed by atoms with Gasteiger partial charge in [0.25, 0.3) is 0 Å². The molecule has 4 rings (SSSR count). The lowest BCUT2D eigenvalue weighted by molar-refractivity contribution is 0.0692. The molecular formula is C27H21NO4. The number of hydrogen-bond acceptors (Lipinski definition) is 5.